The molecule has 1 amide bonds. The number of carbonyl (C=O) groups is 1. The number of benzene rings is 2. The van der Waals surface area contributed by atoms with Gasteiger partial charge in [0.25, 0.3) is 5.91 Å². The highest BCUT2D eigenvalue weighted by Gasteiger charge is 2.22. The van der Waals surface area contributed by atoms with Gasteiger partial charge in [0.15, 0.2) is 5.13 Å². The van der Waals surface area contributed by atoms with Crippen molar-refractivity contribution in [2.45, 2.75) is 20.3 Å². The fourth-order valence-corrected chi connectivity index (χ4v) is 5.00. The van der Waals surface area contributed by atoms with Crippen LogP contribution in [-0.2, 0) is 4.74 Å². The van der Waals surface area contributed by atoms with Gasteiger partial charge in [-0.1, -0.05) is 17.4 Å². The first-order chi connectivity index (χ1) is 15.4. The van der Waals surface area contributed by atoms with E-state index in [1.54, 1.807) is 11.3 Å². The summed E-state index contributed by atoms with van der Waals surface area (Å²) in [5, 5.41) is 0.775. The predicted molar refractivity (Wildman–Crippen MR) is 133 cm³/mol. The molecule has 1 aromatic heterocycles. The fraction of sp³-hybridized carbons (Fsp3) is 0.440. The van der Waals surface area contributed by atoms with E-state index in [0.717, 1.165) is 60.3 Å². The zero-order chi connectivity index (χ0) is 22.7. The molecule has 1 aliphatic heterocycles. The molecule has 32 heavy (non-hydrogen) atoms. The van der Waals surface area contributed by atoms with Gasteiger partial charge in [0.2, 0.25) is 0 Å². The minimum absolute atomic E-state index is 0.00529. The third-order valence-electron chi connectivity index (χ3n) is 6.14. The average molecular weight is 453 g/mol. The largest absolute Gasteiger partial charge is 0.379 e. The second-order valence-corrected chi connectivity index (χ2v) is 9.57. The van der Waals surface area contributed by atoms with Crippen molar-refractivity contribution in [3.63, 3.8) is 0 Å². The molecular formula is C25H32N4O2S. The molecule has 7 heteroatoms. The maximum Gasteiger partial charge on any atom is 0.260 e. The molecule has 1 fully saturated rings. The lowest BCUT2D eigenvalue weighted by molar-refractivity contribution is 0.0376. The van der Waals surface area contributed by atoms with E-state index in [4.69, 9.17) is 9.72 Å². The molecule has 0 spiro atoms. The number of fused-ring (bicyclic) bond motifs is 1. The van der Waals surface area contributed by atoms with Crippen molar-refractivity contribution in [1.29, 1.82) is 0 Å². The fourth-order valence-electron chi connectivity index (χ4n) is 3.95. The van der Waals surface area contributed by atoms with Crippen molar-refractivity contribution >= 4 is 38.3 Å². The number of hydrogen-bond donors (Lipinski definition) is 0. The molecular weight excluding hydrogens is 420 g/mol. The Morgan fingerprint density at radius 2 is 1.81 bits per heavy atom. The van der Waals surface area contributed by atoms with Crippen molar-refractivity contribution in [3.8, 4) is 0 Å². The lowest BCUT2D eigenvalue weighted by atomic mass is 10.1. The van der Waals surface area contributed by atoms with Gasteiger partial charge in [-0.15, -0.1) is 0 Å². The molecule has 1 aliphatic rings. The van der Waals surface area contributed by atoms with E-state index < -0.39 is 0 Å². The number of nitrogens with zero attached hydrogens (tertiary/aromatic N) is 4. The molecule has 0 atom stereocenters. The van der Waals surface area contributed by atoms with E-state index in [1.165, 1.54) is 11.1 Å². The Bertz CT molecular complexity index is 1070. The molecule has 3 aromatic rings. The highest BCUT2D eigenvalue weighted by molar-refractivity contribution is 7.22. The van der Waals surface area contributed by atoms with Gasteiger partial charge in [0.1, 0.15) is 0 Å². The highest BCUT2D eigenvalue weighted by Crippen LogP contribution is 2.33. The third-order valence-corrected chi connectivity index (χ3v) is 7.18. The minimum atomic E-state index is 0.00529. The molecule has 1 saturated heterocycles. The summed E-state index contributed by atoms with van der Waals surface area (Å²) in [6.45, 7) is 9.30. The van der Waals surface area contributed by atoms with E-state index in [1.807, 2.05) is 48.2 Å². The zero-order valence-electron chi connectivity index (χ0n) is 19.4. The molecule has 0 aliphatic carbocycles. The van der Waals surface area contributed by atoms with E-state index in [2.05, 4.69) is 30.9 Å². The Kier molecular flexibility index (Phi) is 7.08. The van der Waals surface area contributed by atoms with Crippen LogP contribution >= 0.6 is 11.3 Å². The van der Waals surface area contributed by atoms with Crippen molar-refractivity contribution in [2.75, 3.05) is 63.3 Å². The second-order valence-electron chi connectivity index (χ2n) is 8.56. The summed E-state index contributed by atoms with van der Waals surface area (Å²) in [7, 11) is 4.00. The van der Waals surface area contributed by atoms with Gasteiger partial charge in [0.05, 0.1) is 23.4 Å². The summed E-state index contributed by atoms with van der Waals surface area (Å²) in [4.78, 5) is 24.8. The summed E-state index contributed by atoms with van der Waals surface area (Å²) >= 11 is 1.60. The number of thiazole rings is 1. The zero-order valence-corrected chi connectivity index (χ0v) is 20.2. The number of ether oxygens (including phenoxy) is 1. The number of carbonyl (C=O) groups excluding carboxylic acids is 1. The van der Waals surface area contributed by atoms with E-state index >= 15 is 0 Å². The number of aryl methyl sites for hydroxylation is 2. The van der Waals surface area contributed by atoms with Crippen LogP contribution < -0.4 is 9.80 Å². The highest BCUT2D eigenvalue weighted by atomic mass is 32.1. The summed E-state index contributed by atoms with van der Waals surface area (Å²) in [5.74, 6) is 0.00529. The molecule has 0 bridgehead atoms. The van der Waals surface area contributed by atoms with Crippen LogP contribution in [0, 0.1) is 13.8 Å². The standard InChI is InChI=1S/C25H32N4O2S/c1-18-6-11-22-23(19(18)2)26-25(32-22)29(13-5-12-28-14-16-31-17-15-28)24(30)20-7-9-21(10-8-20)27(3)4/h6-11H,5,12-17H2,1-4H3. The molecule has 170 valence electrons. The molecule has 0 radical (unpaired) electrons. The van der Waals surface area contributed by atoms with Crippen LogP contribution in [0.3, 0.4) is 0 Å². The Balaban J connectivity index is 1.59. The van der Waals surface area contributed by atoms with Crippen LogP contribution in [0.4, 0.5) is 10.8 Å². The molecule has 0 unspecified atom stereocenters. The maximum atomic E-state index is 13.6. The van der Waals surface area contributed by atoms with Gasteiger partial charge in [-0.25, -0.2) is 4.98 Å². The molecule has 6 nitrogen and oxygen atoms in total. The molecule has 2 heterocycles. The quantitative estimate of drug-likeness (QED) is 0.533. The van der Waals surface area contributed by atoms with Crippen LogP contribution in [-0.4, -0.2) is 69.3 Å². The van der Waals surface area contributed by atoms with Gasteiger partial charge >= 0.3 is 0 Å². The van der Waals surface area contributed by atoms with Crippen molar-refractivity contribution in [1.82, 2.24) is 9.88 Å². The number of rotatable bonds is 7. The van der Waals surface area contributed by atoms with Crippen LogP contribution in [0.2, 0.25) is 0 Å². The molecule has 0 saturated carbocycles. The van der Waals surface area contributed by atoms with Crippen molar-refractivity contribution in [2.24, 2.45) is 0 Å². The smallest absolute Gasteiger partial charge is 0.260 e. The van der Waals surface area contributed by atoms with Crippen molar-refractivity contribution < 1.29 is 9.53 Å². The average Bonchev–Trinajstić information content (AvgIpc) is 3.24. The number of amides is 1. The first-order valence-corrected chi connectivity index (χ1v) is 12.0. The minimum Gasteiger partial charge on any atom is -0.379 e. The van der Waals surface area contributed by atoms with Gasteiger partial charge < -0.3 is 9.64 Å². The van der Waals surface area contributed by atoms with Crippen molar-refractivity contribution in [3.05, 3.63) is 53.1 Å². The number of anilines is 2. The first kappa shape index (κ1) is 22.7. The summed E-state index contributed by atoms with van der Waals surface area (Å²) < 4.78 is 6.58. The van der Waals surface area contributed by atoms with E-state index in [-0.39, 0.29) is 5.91 Å². The topological polar surface area (TPSA) is 48.9 Å². The molecule has 2 aromatic carbocycles. The monoisotopic (exact) mass is 452 g/mol. The van der Waals surface area contributed by atoms with Crippen LogP contribution in [0.1, 0.15) is 27.9 Å². The lowest BCUT2D eigenvalue weighted by Crippen LogP contribution is -2.39. The Morgan fingerprint density at radius 1 is 1.09 bits per heavy atom. The maximum absolute atomic E-state index is 13.6. The van der Waals surface area contributed by atoms with Gasteiger partial charge in [-0.2, -0.15) is 0 Å². The lowest BCUT2D eigenvalue weighted by Gasteiger charge is -2.27. The van der Waals surface area contributed by atoms with Crippen LogP contribution in [0.5, 0.6) is 0 Å². The number of morpholine rings is 1. The van der Waals surface area contributed by atoms with Crippen LogP contribution in [0.15, 0.2) is 36.4 Å². The molecule has 0 N–H and O–H groups in total. The number of aromatic nitrogens is 1. The third kappa shape index (κ3) is 4.95. The van der Waals surface area contributed by atoms with Gasteiger partial charge in [-0.05, 0) is 61.7 Å². The van der Waals surface area contributed by atoms with Crippen LogP contribution in [0.25, 0.3) is 10.2 Å². The van der Waals surface area contributed by atoms with E-state index in [0.29, 0.717) is 12.1 Å². The Labute approximate surface area is 194 Å². The van der Waals surface area contributed by atoms with Gasteiger partial charge in [-0.3, -0.25) is 14.6 Å². The summed E-state index contributed by atoms with van der Waals surface area (Å²) in [6, 6.07) is 12.0. The SMILES string of the molecule is Cc1ccc2sc(N(CCCN3CCOCC3)C(=O)c3ccc(N(C)C)cc3)nc2c1C. The molecule has 4 rings (SSSR count). The summed E-state index contributed by atoms with van der Waals surface area (Å²) in [6.07, 6.45) is 0.898. The van der Waals surface area contributed by atoms with E-state index in [9.17, 15) is 4.79 Å². The second kappa shape index (κ2) is 9.98. The number of hydrogen-bond acceptors (Lipinski definition) is 6. The normalized spacial score (nSPS) is 14.6. The Morgan fingerprint density at radius 3 is 2.50 bits per heavy atom. The predicted octanol–water partition coefficient (Wildman–Crippen LogP) is 4.35. The Hall–Kier alpha value is -2.48. The first-order valence-electron chi connectivity index (χ1n) is 11.2. The van der Waals surface area contributed by atoms with Gasteiger partial charge in [0, 0.05) is 51.5 Å². The summed E-state index contributed by atoms with van der Waals surface area (Å²) in [5.41, 5.74) is 5.17.